The highest BCUT2D eigenvalue weighted by atomic mass is 16.3. The van der Waals surface area contributed by atoms with Gasteiger partial charge in [0.2, 0.25) is 0 Å². The van der Waals surface area contributed by atoms with Crippen LogP contribution in [-0.2, 0) is 4.79 Å². The Morgan fingerprint density at radius 2 is 1.83 bits per heavy atom. The van der Waals surface area contributed by atoms with Gasteiger partial charge in [-0.05, 0) is 23.8 Å². The summed E-state index contributed by atoms with van der Waals surface area (Å²) in [5, 5.41) is 2.19. The number of imide groups is 1. The van der Waals surface area contributed by atoms with E-state index in [9.17, 15) is 9.59 Å². The molecule has 18 heavy (non-hydrogen) atoms. The molecular weight excluding hydrogens is 230 g/mol. The van der Waals surface area contributed by atoms with Gasteiger partial charge in [-0.2, -0.15) is 0 Å². The molecule has 2 rings (SSSR count). The molecule has 4 nitrogen and oxygen atoms in total. The fraction of sp³-hybridized carbons (Fsp3) is 0. The zero-order valence-electron chi connectivity index (χ0n) is 9.50. The lowest BCUT2D eigenvalue weighted by Crippen LogP contribution is -2.28. The first-order valence-electron chi connectivity index (χ1n) is 5.37. The molecule has 1 aromatic heterocycles. The maximum Gasteiger partial charge on any atom is 0.293 e. The van der Waals surface area contributed by atoms with Crippen LogP contribution >= 0.6 is 0 Å². The third-order valence-corrected chi connectivity index (χ3v) is 2.21. The first kappa shape index (κ1) is 11.9. The van der Waals surface area contributed by atoms with Crippen LogP contribution in [0.4, 0.5) is 0 Å². The predicted molar refractivity (Wildman–Crippen MR) is 66.7 cm³/mol. The van der Waals surface area contributed by atoms with Crippen molar-refractivity contribution < 1.29 is 14.0 Å². The summed E-state index contributed by atoms with van der Waals surface area (Å²) >= 11 is 0. The highest BCUT2D eigenvalue weighted by Crippen LogP contribution is 2.01. The Balaban J connectivity index is 1.93. The second kappa shape index (κ2) is 5.63. The van der Waals surface area contributed by atoms with Gasteiger partial charge >= 0.3 is 0 Å². The van der Waals surface area contributed by atoms with Crippen molar-refractivity contribution in [2.75, 3.05) is 0 Å². The minimum atomic E-state index is -0.553. The molecule has 1 aromatic carbocycles. The van der Waals surface area contributed by atoms with Gasteiger partial charge < -0.3 is 4.42 Å². The van der Waals surface area contributed by atoms with E-state index in [1.165, 1.54) is 18.4 Å². The average Bonchev–Trinajstić information content (AvgIpc) is 2.91. The second-order valence-corrected chi connectivity index (χ2v) is 3.54. The first-order chi connectivity index (χ1) is 8.75. The topological polar surface area (TPSA) is 59.3 Å². The van der Waals surface area contributed by atoms with Crippen LogP contribution in [0.15, 0.2) is 59.2 Å². The van der Waals surface area contributed by atoms with Gasteiger partial charge in [0.25, 0.3) is 11.8 Å². The number of hydrogen-bond acceptors (Lipinski definition) is 3. The molecule has 0 aliphatic heterocycles. The van der Waals surface area contributed by atoms with Crippen LogP contribution in [0.5, 0.6) is 0 Å². The van der Waals surface area contributed by atoms with E-state index >= 15 is 0 Å². The molecule has 0 bridgehead atoms. The Bertz CT molecular complexity index is 556. The molecule has 0 saturated heterocycles. The summed E-state index contributed by atoms with van der Waals surface area (Å²) in [5.74, 6) is -0.931. The van der Waals surface area contributed by atoms with E-state index in [-0.39, 0.29) is 5.76 Å². The van der Waals surface area contributed by atoms with Crippen molar-refractivity contribution in [3.8, 4) is 0 Å². The largest absolute Gasteiger partial charge is 0.459 e. The molecule has 0 atom stereocenters. The molecule has 0 aliphatic carbocycles. The molecule has 90 valence electrons. The van der Waals surface area contributed by atoms with Crippen LogP contribution in [0.2, 0.25) is 0 Å². The van der Waals surface area contributed by atoms with E-state index < -0.39 is 11.8 Å². The molecule has 0 unspecified atom stereocenters. The van der Waals surface area contributed by atoms with Crippen LogP contribution in [0.25, 0.3) is 6.08 Å². The number of benzene rings is 1. The fourth-order valence-corrected chi connectivity index (χ4v) is 1.36. The Morgan fingerprint density at radius 1 is 1.06 bits per heavy atom. The maximum absolute atomic E-state index is 11.5. The smallest absolute Gasteiger partial charge is 0.293 e. The number of carbonyl (C=O) groups excluding carboxylic acids is 2. The van der Waals surface area contributed by atoms with Crippen molar-refractivity contribution in [1.29, 1.82) is 0 Å². The summed E-state index contributed by atoms with van der Waals surface area (Å²) in [6, 6.07) is 12.4. The summed E-state index contributed by atoms with van der Waals surface area (Å²) in [6.07, 6.45) is 4.31. The van der Waals surface area contributed by atoms with Gasteiger partial charge in [-0.3, -0.25) is 14.9 Å². The quantitative estimate of drug-likeness (QED) is 0.838. The number of furan rings is 1. The van der Waals surface area contributed by atoms with E-state index in [0.717, 1.165) is 5.56 Å². The lowest BCUT2D eigenvalue weighted by molar-refractivity contribution is -0.115. The van der Waals surface area contributed by atoms with Crippen molar-refractivity contribution in [2.45, 2.75) is 0 Å². The van der Waals surface area contributed by atoms with Crippen molar-refractivity contribution in [2.24, 2.45) is 0 Å². The third-order valence-electron chi connectivity index (χ3n) is 2.21. The van der Waals surface area contributed by atoms with E-state index in [4.69, 9.17) is 4.42 Å². The van der Waals surface area contributed by atoms with Crippen LogP contribution < -0.4 is 5.32 Å². The number of hydrogen-bond donors (Lipinski definition) is 1. The van der Waals surface area contributed by atoms with Crippen LogP contribution in [0.1, 0.15) is 16.1 Å². The van der Waals surface area contributed by atoms with Gasteiger partial charge in [0.15, 0.2) is 5.76 Å². The van der Waals surface area contributed by atoms with Crippen LogP contribution in [0.3, 0.4) is 0 Å². The molecule has 2 amide bonds. The van der Waals surface area contributed by atoms with Crippen LogP contribution in [0, 0.1) is 0 Å². The standard InChI is InChI=1S/C14H11NO3/c16-13(9-8-11-5-2-1-3-6-11)15-14(17)12-7-4-10-18-12/h1-10H,(H,15,16,17)/b9-8+. The minimum absolute atomic E-state index is 0.108. The summed E-state index contributed by atoms with van der Waals surface area (Å²) < 4.78 is 4.87. The molecule has 0 aliphatic rings. The van der Waals surface area contributed by atoms with E-state index in [1.54, 1.807) is 12.1 Å². The SMILES string of the molecule is O=C(/C=C/c1ccccc1)NC(=O)c1ccco1. The van der Waals surface area contributed by atoms with Crippen molar-refractivity contribution in [3.05, 3.63) is 66.1 Å². The minimum Gasteiger partial charge on any atom is -0.459 e. The van der Waals surface area contributed by atoms with Gasteiger partial charge in [0.1, 0.15) is 0 Å². The normalized spacial score (nSPS) is 10.4. The molecule has 1 N–H and O–H groups in total. The zero-order chi connectivity index (χ0) is 12.8. The molecular formula is C14H11NO3. The first-order valence-corrected chi connectivity index (χ1v) is 5.37. The monoisotopic (exact) mass is 241 g/mol. The lowest BCUT2D eigenvalue weighted by atomic mass is 10.2. The number of amides is 2. The van der Waals surface area contributed by atoms with E-state index in [0.29, 0.717) is 0 Å². The summed E-state index contributed by atoms with van der Waals surface area (Å²) in [4.78, 5) is 22.9. The van der Waals surface area contributed by atoms with Crippen molar-refractivity contribution >= 4 is 17.9 Å². The van der Waals surface area contributed by atoms with Gasteiger partial charge in [0.05, 0.1) is 6.26 Å². The Hall–Kier alpha value is -2.62. The van der Waals surface area contributed by atoms with E-state index in [2.05, 4.69) is 5.32 Å². The van der Waals surface area contributed by atoms with Gasteiger partial charge in [-0.15, -0.1) is 0 Å². The van der Waals surface area contributed by atoms with Gasteiger partial charge in [-0.1, -0.05) is 30.3 Å². The lowest BCUT2D eigenvalue weighted by Gasteiger charge is -1.97. The molecule has 0 spiro atoms. The van der Waals surface area contributed by atoms with Gasteiger partial charge in [-0.25, -0.2) is 0 Å². The molecule has 4 heteroatoms. The highest BCUT2D eigenvalue weighted by Gasteiger charge is 2.10. The molecule has 2 aromatic rings. The van der Waals surface area contributed by atoms with E-state index in [1.807, 2.05) is 30.3 Å². The Labute approximate surface area is 104 Å². The molecule has 0 radical (unpaired) electrons. The highest BCUT2D eigenvalue weighted by molar-refractivity contribution is 6.07. The number of rotatable bonds is 3. The molecule has 0 fully saturated rings. The third kappa shape index (κ3) is 3.18. The maximum atomic E-state index is 11.5. The van der Waals surface area contributed by atoms with Gasteiger partial charge in [0, 0.05) is 6.08 Å². The van der Waals surface area contributed by atoms with Crippen LogP contribution in [-0.4, -0.2) is 11.8 Å². The second-order valence-electron chi connectivity index (χ2n) is 3.54. The van der Waals surface area contributed by atoms with Crippen molar-refractivity contribution in [3.63, 3.8) is 0 Å². The number of nitrogens with one attached hydrogen (secondary N) is 1. The summed E-state index contributed by atoms with van der Waals surface area (Å²) in [5.41, 5.74) is 0.887. The zero-order valence-corrected chi connectivity index (χ0v) is 9.50. The average molecular weight is 241 g/mol. The predicted octanol–water partition coefficient (Wildman–Crippen LogP) is 2.25. The number of carbonyl (C=O) groups is 2. The Kier molecular flexibility index (Phi) is 3.71. The summed E-state index contributed by atoms with van der Waals surface area (Å²) in [6.45, 7) is 0. The molecule has 1 heterocycles. The Morgan fingerprint density at radius 3 is 2.50 bits per heavy atom. The fourth-order valence-electron chi connectivity index (χ4n) is 1.36. The summed E-state index contributed by atoms with van der Waals surface area (Å²) in [7, 11) is 0. The molecule has 0 saturated carbocycles. The van der Waals surface area contributed by atoms with Crippen molar-refractivity contribution in [1.82, 2.24) is 5.32 Å².